The van der Waals surface area contributed by atoms with E-state index in [0.717, 1.165) is 11.1 Å². The summed E-state index contributed by atoms with van der Waals surface area (Å²) in [6, 6.07) is 13.5. The number of rotatable bonds is 4. The summed E-state index contributed by atoms with van der Waals surface area (Å²) in [5, 5.41) is 9.49. The van der Waals surface area contributed by atoms with Crippen molar-refractivity contribution in [2.24, 2.45) is 0 Å². The lowest BCUT2D eigenvalue weighted by Crippen LogP contribution is -2.05. The molecule has 0 aliphatic heterocycles. The molecule has 0 spiro atoms. The number of hydrogen-bond donors (Lipinski definition) is 1. The van der Waals surface area contributed by atoms with E-state index in [-0.39, 0.29) is 0 Å². The molecule has 2 aromatic carbocycles. The topological polar surface area (TPSA) is 37.3 Å². The largest absolute Gasteiger partial charge is 0.478 e. The van der Waals surface area contributed by atoms with E-state index < -0.39 is 5.97 Å². The van der Waals surface area contributed by atoms with Gasteiger partial charge < -0.3 is 5.11 Å². The highest BCUT2D eigenvalue weighted by Gasteiger charge is 2.19. The van der Waals surface area contributed by atoms with Gasteiger partial charge in [0.25, 0.3) is 0 Å². The summed E-state index contributed by atoms with van der Waals surface area (Å²) in [6.07, 6.45) is 0. The van der Waals surface area contributed by atoms with Crippen LogP contribution in [0.2, 0.25) is 0 Å². The molecule has 0 unspecified atom stereocenters. The van der Waals surface area contributed by atoms with Crippen molar-refractivity contribution in [2.45, 2.75) is 39.5 Å². The Morgan fingerprint density at radius 2 is 1.38 bits per heavy atom. The van der Waals surface area contributed by atoms with Crippen LogP contribution < -0.4 is 0 Å². The van der Waals surface area contributed by atoms with Crippen LogP contribution in [0.15, 0.2) is 42.5 Å². The van der Waals surface area contributed by atoms with Crippen LogP contribution in [0.1, 0.15) is 61.0 Å². The third kappa shape index (κ3) is 2.99. The molecule has 110 valence electrons. The van der Waals surface area contributed by atoms with E-state index in [1.807, 2.05) is 12.1 Å². The molecule has 0 aliphatic carbocycles. The first-order chi connectivity index (χ1) is 9.93. The minimum Gasteiger partial charge on any atom is -0.478 e. The van der Waals surface area contributed by atoms with Crippen LogP contribution in [0.25, 0.3) is 11.1 Å². The molecular weight excluding hydrogens is 260 g/mol. The minimum absolute atomic E-state index is 0.348. The summed E-state index contributed by atoms with van der Waals surface area (Å²) in [5.74, 6) is -0.181. The molecule has 0 amide bonds. The Morgan fingerprint density at radius 1 is 0.857 bits per heavy atom. The highest BCUT2D eigenvalue weighted by atomic mass is 16.4. The monoisotopic (exact) mass is 282 g/mol. The fraction of sp³-hybridized carbons (Fsp3) is 0.316. The van der Waals surface area contributed by atoms with Gasteiger partial charge in [-0.25, -0.2) is 4.79 Å². The van der Waals surface area contributed by atoms with Crippen molar-refractivity contribution in [3.8, 4) is 11.1 Å². The summed E-state index contributed by atoms with van der Waals surface area (Å²) < 4.78 is 0. The van der Waals surface area contributed by atoms with Gasteiger partial charge in [0.1, 0.15) is 0 Å². The number of carboxylic acid groups (broad SMARTS) is 1. The normalized spacial score (nSPS) is 11.1. The number of carboxylic acids is 1. The molecule has 0 saturated carbocycles. The van der Waals surface area contributed by atoms with E-state index in [2.05, 4.69) is 45.9 Å². The predicted molar refractivity (Wildman–Crippen MR) is 87.0 cm³/mol. The highest BCUT2D eigenvalue weighted by Crippen LogP contribution is 2.37. The van der Waals surface area contributed by atoms with E-state index in [4.69, 9.17) is 0 Å². The van der Waals surface area contributed by atoms with Gasteiger partial charge in [-0.3, -0.25) is 0 Å². The van der Waals surface area contributed by atoms with Gasteiger partial charge in [-0.2, -0.15) is 0 Å². The zero-order valence-electron chi connectivity index (χ0n) is 13.1. The molecule has 2 rings (SSSR count). The second kappa shape index (κ2) is 6.13. The summed E-state index contributed by atoms with van der Waals surface area (Å²) in [4.78, 5) is 11.6. The molecule has 0 aliphatic rings. The number of hydrogen-bond acceptors (Lipinski definition) is 1. The SMILES string of the molecule is CC(C)c1cccc(C(C)C)c1-c1ccccc1C(=O)O. The molecular formula is C19H22O2. The van der Waals surface area contributed by atoms with E-state index in [0.29, 0.717) is 17.4 Å². The van der Waals surface area contributed by atoms with Crippen LogP contribution in [0.4, 0.5) is 0 Å². The quantitative estimate of drug-likeness (QED) is 0.826. The second-order valence-corrected chi connectivity index (χ2v) is 5.97. The van der Waals surface area contributed by atoms with Crippen molar-refractivity contribution in [3.05, 3.63) is 59.2 Å². The van der Waals surface area contributed by atoms with Crippen LogP contribution in [0.3, 0.4) is 0 Å². The molecule has 0 bridgehead atoms. The maximum atomic E-state index is 11.6. The molecule has 2 nitrogen and oxygen atoms in total. The molecule has 21 heavy (non-hydrogen) atoms. The summed E-state index contributed by atoms with van der Waals surface area (Å²) in [7, 11) is 0. The Balaban J connectivity index is 2.82. The first-order valence-electron chi connectivity index (χ1n) is 7.39. The average molecular weight is 282 g/mol. The molecule has 2 aromatic rings. The standard InChI is InChI=1S/C19H22O2/c1-12(2)14-10-7-11-15(13(3)4)18(14)16-8-5-6-9-17(16)19(20)21/h5-13H,1-4H3,(H,20,21). The predicted octanol–water partition coefficient (Wildman–Crippen LogP) is 5.30. The van der Waals surface area contributed by atoms with Gasteiger partial charge in [0, 0.05) is 0 Å². The maximum absolute atomic E-state index is 11.6. The first-order valence-corrected chi connectivity index (χ1v) is 7.39. The Labute approximate surface area is 126 Å². The van der Waals surface area contributed by atoms with Gasteiger partial charge >= 0.3 is 5.97 Å². The third-order valence-electron chi connectivity index (χ3n) is 3.80. The van der Waals surface area contributed by atoms with E-state index in [1.54, 1.807) is 12.1 Å². The van der Waals surface area contributed by atoms with Gasteiger partial charge in [0.05, 0.1) is 5.56 Å². The van der Waals surface area contributed by atoms with Crippen LogP contribution in [0.5, 0.6) is 0 Å². The van der Waals surface area contributed by atoms with Crippen molar-refractivity contribution < 1.29 is 9.90 Å². The minimum atomic E-state index is -0.876. The fourth-order valence-electron chi connectivity index (χ4n) is 2.75. The summed E-state index contributed by atoms with van der Waals surface area (Å²) in [5.41, 5.74) is 4.68. The van der Waals surface area contributed by atoms with Crippen molar-refractivity contribution in [1.82, 2.24) is 0 Å². The number of aromatic carboxylic acids is 1. The zero-order valence-corrected chi connectivity index (χ0v) is 13.1. The first kappa shape index (κ1) is 15.3. The zero-order chi connectivity index (χ0) is 15.6. The van der Waals surface area contributed by atoms with Gasteiger partial charge in [-0.1, -0.05) is 64.1 Å². The van der Waals surface area contributed by atoms with Crippen molar-refractivity contribution in [3.63, 3.8) is 0 Å². The van der Waals surface area contributed by atoms with Crippen LogP contribution >= 0.6 is 0 Å². The van der Waals surface area contributed by atoms with Crippen molar-refractivity contribution >= 4 is 5.97 Å². The second-order valence-electron chi connectivity index (χ2n) is 5.97. The van der Waals surface area contributed by atoms with Gasteiger partial charge in [0.15, 0.2) is 0 Å². The number of benzene rings is 2. The van der Waals surface area contributed by atoms with Gasteiger partial charge in [-0.05, 0) is 40.2 Å². The van der Waals surface area contributed by atoms with E-state index >= 15 is 0 Å². The Bertz CT molecular complexity index is 628. The maximum Gasteiger partial charge on any atom is 0.336 e. The van der Waals surface area contributed by atoms with Crippen LogP contribution in [-0.4, -0.2) is 11.1 Å². The molecule has 0 atom stereocenters. The van der Waals surface area contributed by atoms with Crippen molar-refractivity contribution in [2.75, 3.05) is 0 Å². The smallest absolute Gasteiger partial charge is 0.336 e. The lowest BCUT2D eigenvalue weighted by Gasteiger charge is -2.21. The highest BCUT2D eigenvalue weighted by molar-refractivity contribution is 5.97. The molecule has 1 N–H and O–H groups in total. The Kier molecular flexibility index (Phi) is 4.46. The molecule has 2 heteroatoms. The van der Waals surface area contributed by atoms with Crippen LogP contribution in [0, 0.1) is 0 Å². The molecule has 0 heterocycles. The lowest BCUT2D eigenvalue weighted by molar-refractivity contribution is 0.0697. The molecule has 0 fully saturated rings. The summed E-state index contributed by atoms with van der Waals surface area (Å²) in [6.45, 7) is 8.58. The fourth-order valence-corrected chi connectivity index (χ4v) is 2.75. The summed E-state index contributed by atoms with van der Waals surface area (Å²) >= 11 is 0. The average Bonchev–Trinajstić information content (AvgIpc) is 2.46. The number of carbonyl (C=O) groups is 1. The molecule has 0 radical (unpaired) electrons. The van der Waals surface area contributed by atoms with Gasteiger partial charge in [-0.15, -0.1) is 0 Å². The third-order valence-corrected chi connectivity index (χ3v) is 3.80. The van der Waals surface area contributed by atoms with Gasteiger partial charge in [0.2, 0.25) is 0 Å². The van der Waals surface area contributed by atoms with Crippen molar-refractivity contribution in [1.29, 1.82) is 0 Å². The lowest BCUT2D eigenvalue weighted by atomic mass is 9.83. The van der Waals surface area contributed by atoms with E-state index in [1.165, 1.54) is 11.1 Å². The molecule has 0 aromatic heterocycles. The van der Waals surface area contributed by atoms with E-state index in [9.17, 15) is 9.90 Å². The Hall–Kier alpha value is -2.09. The molecule has 0 saturated heterocycles. The Morgan fingerprint density at radius 3 is 1.86 bits per heavy atom. The van der Waals surface area contributed by atoms with Crippen LogP contribution in [-0.2, 0) is 0 Å².